The van der Waals surface area contributed by atoms with Gasteiger partial charge in [0.15, 0.2) is 0 Å². The first-order chi connectivity index (χ1) is 8.67. The average Bonchev–Trinajstić information content (AvgIpc) is 2.45. The van der Waals surface area contributed by atoms with Gasteiger partial charge in [-0.05, 0) is 43.0 Å². The Labute approximate surface area is 111 Å². The lowest BCUT2D eigenvalue weighted by molar-refractivity contribution is -0.120. The van der Waals surface area contributed by atoms with Crippen molar-refractivity contribution in [3.63, 3.8) is 0 Å². The van der Waals surface area contributed by atoms with E-state index < -0.39 is 0 Å². The van der Waals surface area contributed by atoms with Crippen molar-refractivity contribution in [2.24, 2.45) is 5.41 Å². The maximum Gasteiger partial charge on any atom is 0.225 e. The molecule has 3 rings (SSSR count). The van der Waals surface area contributed by atoms with Crippen molar-refractivity contribution in [2.75, 3.05) is 18.5 Å². The van der Waals surface area contributed by atoms with Crippen molar-refractivity contribution in [1.29, 1.82) is 0 Å². The molecule has 1 aromatic carbocycles. The van der Waals surface area contributed by atoms with E-state index in [-0.39, 0.29) is 11.3 Å². The summed E-state index contributed by atoms with van der Waals surface area (Å²) in [5, 5.41) is 3.69. The fraction of sp³-hybridized carbons (Fsp3) is 0.500. The molecular formula is C14H16ClNO2. The quantitative estimate of drug-likeness (QED) is 0.783. The molecule has 1 N–H and O–H groups in total. The van der Waals surface area contributed by atoms with Crippen LogP contribution in [0.5, 0.6) is 0 Å². The Hall–Kier alpha value is -1.06. The smallest absolute Gasteiger partial charge is 0.225 e. The van der Waals surface area contributed by atoms with Gasteiger partial charge in [-0.15, -0.1) is 0 Å². The van der Waals surface area contributed by atoms with E-state index in [1.807, 2.05) is 18.2 Å². The maximum atomic E-state index is 12.0. The highest BCUT2D eigenvalue weighted by Crippen LogP contribution is 2.40. The molecule has 3 nitrogen and oxygen atoms in total. The molecule has 0 aliphatic carbocycles. The van der Waals surface area contributed by atoms with E-state index in [1.165, 1.54) is 0 Å². The zero-order valence-electron chi connectivity index (χ0n) is 10.2. The monoisotopic (exact) mass is 265 g/mol. The molecule has 1 aromatic rings. The van der Waals surface area contributed by atoms with Crippen LogP contribution in [-0.4, -0.2) is 19.1 Å². The Balaban J connectivity index is 1.98. The maximum absolute atomic E-state index is 12.0. The summed E-state index contributed by atoms with van der Waals surface area (Å²) in [6, 6.07) is 5.66. The Morgan fingerprint density at radius 2 is 2.22 bits per heavy atom. The second-order valence-electron chi connectivity index (χ2n) is 5.36. The molecule has 1 saturated heterocycles. The van der Waals surface area contributed by atoms with Crippen LogP contribution in [0.25, 0.3) is 0 Å². The summed E-state index contributed by atoms with van der Waals surface area (Å²) in [6.07, 6.45) is 3.48. The van der Waals surface area contributed by atoms with Crippen LogP contribution in [0.4, 0.5) is 5.69 Å². The third-order valence-electron chi connectivity index (χ3n) is 3.85. The number of halogens is 1. The minimum absolute atomic E-state index is 0.0434. The first-order valence-electron chi connectivity index (χ1n) is 6.33. The average molecular weight is 266 g/mol. The lowest BCUT2D eigenvalue weighted by atomic mass is 9.75. The van der Waals surface area contributed by atoms with Gasteiger partial charge in [-0.25, -0.2) is 0 Å². The summed E-state index contributed by atoms with van der Waals surface area (Å²) in [5.74, 6) is 0.0848. The number of nitrogens with one attached hydrogen (secondary N) is 1. The van der Waals surface area contributed by atoms with E-state index in [2.05, 4.69) is 5.32 Å². The molecule has 1 fully saturated rings. The van der Waals surface area contributed by atoms with Crippen molar-refractivity contribution < 1.29 is 9.53 Å². The van der Waals surface area contributed by atoms with Gasteiger partial charge in [-0.2, -0.15) is 0 Å². The number of anilines is 1. The third-order valence-corrected chi connectivity index (χ3v) is 4.08. The van der Waals surface area contributed by atoms with Gasteiger partial charge >= 0.3 is 0 Å². The third kappa shape index (κ3) is 2.25. The Kier molecular flexibility index (Phi) is 3.04. The van der Waals surface area contributed by atoms with Gasteiger partial charge in [0.25, 0.3) is 0 Å². The highest BCUT2D eigenvalue weighted by atomic mass is 35.5. The molecule has 1 spiro atoms. The molecule has 2 aliphatic rings. The molecule has 4 heteroatoms. The summed E-state index contributed by atoms with van der Waals surface area (Å²) in [4.78, 5) is 12.0. The molecule has 0 aromatic heterocycles. The normalized spacial score (nSPS) is 27.5. The van der Waals surface area contributed by atoms with E-state index in [0.717, 1.165) is 42.1 Å². The van der Waals surface area contributed by atoms with Crippen LogP contribution in [0, 0.1) is 5.41 Å². The molecular weight excluding hydrogens is 250 g/mol. The van der Waals surface area contributed by atoms with E-state index in [9.17, 15) is 4.79 Å². The van der Waals surface area contributed by atoms with E-state index in [4.69, 9.17) is 16.3 Å². The molecule has 0 bridgehead atoms. The van der Waals surface area contributed by atoms with Crippen molar-refractivity contribution >= 4 is 23.2 Å². The van der Waals surface area contributed by atoms with Crippen LogP contribution < -0.4 is 5.32 Å². The highest BCUT2D eigenvalue weighted by molar-refractivity contribution is 6.30. The van der Waals surface area contributed by atoms with Crippen LogP contribution in [0.15, 0.2) is 18.2 Å². The number of rotatable bonds is 0. The van der Waals surface area contributed by atoms with Crippen molar-refractivity contribution in [1.82, 2.24) is 0 Å². The van der Waals surface area contributed by atoms with E-state index in [0.29, 0.717) is 13.0 Å². The predicted octanol–water partition coefficient (Wildman–Crippen LogP) is 3.02. The lowest BCUT2D eigenvalue weighted by Gasteiger charge is -2.35. The Morgan fingerprint density at radius 3 is 3.00 bits per heavy atom. The van der Waals surface area contributed by atoms with Gasteiger partial charge in [0.2, 0.25) is 5.91 Å². The lowest BCUT2D eigenvalue weighted by Crippen LogP contribution is -2.35. The van der Waals surface area contributed by atoms with Crippen LogP contribution in [0.2, 0.25) is 5.02 Å². The fourth-order valence-corrected chi connectivity index (χ4v) is 3.22. The standard InChI is InChI=1S/C14H16ClNO2/c15-11-2-3-12-10(6-11)7-14(8-13(17)16-12)4-1-5-18-9-14/h2-3,6H,1,4-5,7-9H2,(H,16,17). The van der Waals surface area contributed by atoms with E-state index >= 15 is 0 Å². The topological polar surface area (TPSA) is 38.3 Å². The Bertz CT molecular complexity index is 481. The zero-order valence-corrected chi connectivity index (χ0v) is 10.9. The van der Waals surface area contributed by atoms with Gasteiger partial charge in [0.1, 0.15) is 0 Å². The molecule has 2 aliphatic heterocycles. The molecule has 96 valence electrons. The molecule has 0 radical (unpaired) electrons. The second-order valence-corrected chi connectivity index (χ2v) is 5.80. The summed E-state index contributed by atoms with van der Waals surface area (Å²) in [5.41, 5.74) is 1.98. The molecule has 18 heavy (non-hydrogen) atoms. The number of ether oxygens (including phenoxy) is 1. The molecule has 0 saturated carbocycles. The molecule has 1 unspecified atom stereocenters. The summed E-state index contributed by atoms with van der Waals surface area (Å²) in [7, 11) is 0. The van der Waals surface area contributed by atoms with Gasteiger partial charge in [0, 0.05) is 29.2 Å². The van der Waals surface area contributed by atoms with E-state index in [1.54, 1.807) is 0 Å². The molecule has 1 atom stereocenters. The molecule has 1 amide bonds. The highest BCUT2D eigenvalue weighted by Gasteiger charge is 2.38. The van der Waals surface area contributed by atoms with Crippen LogP contribution in [0.1, 0.15) is 24.8 Å². The largest absolute Gasteiger partial charge is 0.381 e. The van der Waals surface area contributed by atoms with Gasteiger partial charge in [-0.1, -0.05) is 11.6 Å². The van der Waals surface area contributed by atoms with Gasteiger partial charge in [0.05, 0.1) is 6.61 Å². The number of hydrogen-bond acceptors (Lipinski definition) is 2. The minimum atomic E-state index is -0.0434. The number of hydrogen-bond donors (Lipinski definition) is 1. The summed E-state index contributed by atoms with van der Waals surface area (Å²) >= 11 is 6.05. The number of benzene rings is 1. The molecule has 2 heterocycles. The van der Waals surface area contributed by atoms with Crippen LogP contribution in [0.3, 0.4) is 0 Å². The first kappa shape index (κ1) is 12.0. The van der Waals surface area contributed by atoms with Crippen molar-refractivity contribution in [3.05, 3.63) is 28.8 Å². The predicted molar refractivity (Wildman–Crippen MR) is 70.9 cm³/mol. The number of carbonyl (C=O) groups excluding carboxylic acids is 1. The second kappa shape index (κ2) is 4.56. The number of amides is 1. The SMILES string of the molecule is O=C1CC2(CCCOC2)Cc2cc(Cl)ccc2N1. The zero-order chi connectivity index (χ0) is 12.6. The fourth-order valence-electron chi connectivity index (χ4n) is 3.02. The van der Waals surface area contributed by atoms with Crippen molar-refractivity contribution in [3.8, 4) is 0 Å². The first-order valence-corrected chi connectivity index (χ1v) is 6.71. The Morgan fingerprint density at radius 1 is 1.33 bits per heavy atom. The van der Waals surface area contributed by atoms with Gasteiger partial charge < -0.3 is 10.1 Å². The van der Waals surface area contributed by atoms with Crippen molar-refractivity contribution in [2.45, 2.75) is 25.7 Å². The number of fused-ring (bicyclic) bond motifs is 1. The number of carbonyl (C=O) groups is 1. The summed E-state index contributed by atoms with van der Waals surface area (Å²) < 4.78 is 5.60. The van der Waals surface area contributed by atoms with Crippen LogP contribution >= 0.6 is 11.6 Å². The minimum Gasteiger partial charge on any atom is -0.381 e. The van der Waals surface area contributed by atoms with Crippen LogP contribution in [-0.2, 0) is 16.0 Å². The summed E-state index contributed by atoms with van der Waals surface area (Å²) in [6.45, 7) is 1.48. The van der Waals surface area contributed by atoms with Gasteiger partial charge in [-0.3, -0.25) is 4.79 Å².